The van der Waals surface area contributed by atoms with E-state index in [2.05, 4.69) is 22.8 Å². The van der Waals surface area contributed by atoms with Crippen LogP contribution in [0.25, 0.3) is 0 Å². The summed E-state index contributed by atoms with van der Waals surface area (Å²) < 4.78 is 0. The summed E-state index contributed by atoms with van der Waals surface area (Å²) in [6, 6.07) is 16.4. The zero-order chi connectivity index (χ0) is 21.1. The van der Waals surface area contributed by atoms with Crippen LogP contribution in [0.4, 0.5) is 0 Å². The number of nitrogens with one attached hydrogen (secondary N) is 2. The molecule has 0 radical (unpaired) electrons. The Bertz CT molecular complexity index is 950. The lowest BCUT2D eigenvalue weighted by atomic mass is 10.1. The molecule has 1 fully saturated rings. The Balaban J connectivity index is 1.27. The van der Waals surface area contributed by atoms with Crippen molar-refractivity contribution in [2.75, 3.05) is 12.3 Å². The summed E-state index contributed by atoms with van der Waals surface area (Å²) in [5.41, 5.74) is 2.86. The van der Waals surface area contributed by atoms with Gasteiger partial charge in [-0.05, 0) is 37.0 Å². The molecule has 156 valence electrons. The van der Waals surface area contributed by atoms with Crippen LogP contribution in [0.3, 0.4) is 0 Å². The van der Waals surface area contributed by atoms with Gasteiger partial charge in [-0.2, -0.15) is 0 Å². The minimum atomic E-state index is -0.654. The third kappa shape index (κ3) is 4.07. The van der Waals surface area contributed by atoms with Gasteiger partial charge in [0.05, 0.1) is 0 Å². The van der Waals surface area contributed by atoms with Crippen molar-refractivity contribution in [2.24, 2.45) is 0 Å². The highest BCUT2D eigenvalue weighted by Gasteiger charge is 2.48. The van der Waals surface area contributed by atoms with Crippen molar-refractivity contribution < 1.29 is 14.4 Å². The first kappa shape index (κ1) is 20.5. The fourth-order valence-electron chi connectivity index (χ4n) is 3.92. The van der Waals surface area contributed by atoms with Gasteiger partial charge < -0.3 is 15.5 Å². The van der Waals surface area contributed by atoms with E-state index in [4.69, 9.17) is 0 Å². The number of hydrogen-bond donors (Lipinski definition) is 2. The van der Waals surface area contributed by atoms with Crippen molar-refractivity contribution in [3.05, 3.63) is 71.3 Å². The molecule has 0 spiro atoms. The van der Waals surface area contributed by atoms with Gasteiger partial charge in [0.25, 0.3) is 5.91 Å². The molecule has 0 saturated carbocycles. The summed E-state index contributed by atoms with van der Waals surface area (Å²) in [6.07, 6.45) is 1.72. The first-order valence-corrected chi connectivity index (χ1v) is 11.3. The molecule has 7 heteroatoms. The van der Waals surface area contributed by atoms with Gasteiger partial charge in [0, 0.05) is 17.9 Å². The molecule has 0 bridgehead atoms. The van der Waals surface area contributed by atoms with Crippen LogP contribution in [-0.4, -0.2) is 47.0 Å². The van der Waals surface area contributed by atoms with E-state index >= 15 is 0 Å². The molecule has 3 amide bonds. The smallest absolute Gasteiger partial charge is 0.256 e. The van der Waals surface area contributed by atoms with E-state index in [-0.39, 0.29) is 23.1 Å². The van der Waals surface area contributed by atoms with Crippen LogP contribution in [0, 0.1) is 0 Å². The van der Waals surface area contributed by atoms with Crippen molar-refractivity contribution in [1.82, 2.24) is 15.5 Å². The average molecular weight is 424 g/mol. The summed E-state index contributed by atoms with van der Waals surface area (Å²) in [5, 5.41) is 5.54. The minimum absolute atomic E-state index is 0.112. The summed E-state index contributed by atoms with van der Waals surface area (Å²) >= 11 is 1.59. The first-order chi connectivity index (χ1) is 14.6. The third-order valence-electron chi connectivity index (χ3n) is 5.53. The van der Waals surface area contributed by atoms with Gasteiger partial charge in [-0.15, -0.1) is 11.8 Å². The zero-order valence-electron chi connectivity index (χ0n) is 16.8. The fourth-order valence-corrected chi connectivity index (χ4v) is 5.38. The number of carbonyl (C=O) groups is 3. The molecular formula is C23H25N3O3S. The molecule has 0 unspecified atom stereocenters. The molecule has 2 aliphatic heterocycles. The number of amides is 3. The molecule has 3 atom stereocenters. The largest absolute Gasteiger partial charge is 0.354 e. The molecule has 2 aromatic rings. The Kier molecular flexibility index (Phi) is 6.08. The standard InChI is InChI=1S/C23H25N3O3S/c1-15(20(27)24-13-7-10-16-8-3-2-4-9-16)25-21(28)19-14-30-23-18-12-6-5-11-17(18)22(29)26(19)23/h2-6,8-9,11-12,15,19,23H,7,10,13-14H2,1H3,(H,24,27)(H,25,28)/t15-,19-,23-/m0/s1. The number of carbonyl (C=O) groups excluding carboxylic acids is 3. The quantitative estimate of drug-likeness (QED) is 0.671. The normalized spacial score (nSPS) is 20.4. The van der Waals surface area contributed by atoms with E-state index < -0.39 is 12.1 Å². The highest BCUT2D eigenvalue weighted by atomic mass is 32.2. The van der Waals surface area contributed by atoms with Crippen LogP contribution < -0.4 is 10.6 Å². The summed E-state index contributed by atoms with van der Waals surface area (Å²) in [7, 11) is 0. The lowest BCUT2D eigenvalue weighted by Crippen LogP contribution is -2.52. The maximum atomic E-state index is 12.8. The number of nitrogens with zero attached hydrogens (tertiary/aromatic N) is 1. The van der Waals surface area contributed by atoms with Crippen LogP contribution in [0.15, 0.2) is 54.6 Å². The second-order valence-corrected chi connectivity index (χ2v) is 8.72. The molecule has 6 nitrogen and oxygen atoms in total. The van der Waals surface area contributed by atoms with Gasteiger partial charge in [0.15, 0.2) is 0 Å². The monoisotopic (exact) mass is 423 g/mol. The summed E-state index contributed by atoms with van der Waals surface area (Å²) in [6.45, 7) is 2.22. The fraction of sp³-hybridized carbons (Fsp3) is 0.348. The lowest BCUT2D eigenvalue weighted by Gasteiger charge is -2.24. The number of benzene rings is 2. The van der Waals surface area contributed by atoms with Crippen LogP contribution in [0.1, 0.15) is 40.2 Å². The Morgan fingerprint density at radius 1 is 1.13 bits per heavy atom. The van der Waals surface area contributed by atoms with Crippen LogP contribution >= 0.6 is 11.8 Å². The molecule has 4 rings (SSSR count). The molecule has 1 saturated heterocycles. The van der Waals surface area contributed by atoms with E-state index in [1.807, 2.05) is 36.4 Å². The van der Waals surface area contributed by atoms with Gasteiger partial charge in [0.1, 0.15) is 17.5 Å². The number of fused-ring (bicyclic) bond motifs is 3. The van der Waals surface area contributed by atoms with Gasteiger partial charge in [-0.25, -0.2) is 0 Å². The van der Waals surface area contributed by atoms with Crippen molar-refractivity contribution >= 4 is 29.5 Å². The molecule has 2 aliphatic rings. The molecule has 2 aromatic carbocycles. The van der Waals surface area contributed by atoms with E-state index in [0.29, 0.717) is 17.9 Å². The van der Waals surface area contributed by atoms with Crippen molar-refractivity contribution in [2.45, 2.75) is 37.2 Å². The van der Waals surface area contributed by atoms with Crippen molar-refractivity contribution in [3.63, 3.8) is 0 Å². The SMILES string of the molecule is C[C@H](NC(=O)[C@@H]1CS[C@H]2c3ccccc3C(=O)N12)C(=O)NCCCc1ccccc1. The van der Waals surface area contributed by atoms with Crippen LogP contribution in [0.5, 0.6) is 0 Å². The minimum Gasteiger partial charge on any atom is -0.354 e. The maximum Gasteiger partial charge on any atom is 0.256 e. The molecule has 0 aliphatic carbocycles. The third-order valence-corrected chi connectivity index (χ3v) is 6.84. The number of thioether (sulfide) groups is 1. The zero-order valence-corrected chi connectivity index (χ0v) is 17.7. The second kappa shape index (κ2) is 8.92. The van der Waals surface area contributed by atoms with E-state index in [9.17, 15) is 14.4 Å². The van der Waals surface area contributed by atoms with Crippen LogP contribution in [-0.2, 0) is 16.0 Å². The van der Waals surface area contributed by atoms with Crippen molar-refractivity contribution in [3.8, 4) is 0 Å². The Labute approximate surface area is 180 Å². The van der Waals surface area contributed by atoms with E-state index in [0.717, 1.165) is 18.4 Å². The number of hydrogen-bond acceptors (Lipinski definition) is 4. The second-order valence-electron chi connectivity index (χ2n) is 7.61. The number of aryl methyl sites for hydroxylation is 1. The maximum absolute atomic E-state index is 12.8. The Morgan fingerprint density at radius 3 is 2.67 bits per heavy atom. The molecule has 2 N–H and O–H groups in total. The predicted octanol–water partition coefficient (Wildman–Crippen LogP) is 2.51. The highest BCUT2D eigenvalue weighted by Crippen LogP contribution is 2.48. The van der Waals surface area contributed by atoms with E-state index in [1.165, 1.54) is 5.56 Å². The van der Waals surface area contributed by atoms with Crippen LogP contribution in [0.2, 0.25) is 0 Å². The van der Waals surface area contributed by atoms with Crippen molar-refractivity contribution in [1.29, 1.82) is 0 Å². The molecule has 30 heavy (non-hydrogen) atoms. The van der Waals surface area contributed by atoms with Gasteiger partial charge >= 0.3 is 0 Å². The lowest BCUT2D eigenvalue weighted by molar-refractivity contribution is -0.130. The topological polar surface area (TPSA) is 78.5 Å². The van der Waals surface area contributed by atoms with E-state index in [1.54, 1.807) is 29.7 Å². The molecule has 2 heterocycles. The summed E-state index contributed by atoms with van der Waals surface area (Å²) in [5.74, 6) is -0.0753. The first-order valence-electron chi connectivity index (χ1n) is 10.2. The predicted molar refractivity (Wildman–Crippen MR) is 117 cm³/mol. The highest BCUT2D eigenvalue weighted by molar-refractivity contribution is 7.99. The summed E-state index contributed by atoms with van der Waals surface area (Å²) in [4.78, 5) is 39.6. The number of rotatable bonds is 7. The Hall–Kier alpha value is -2.80. The van der Waals surface area contributed by atoms with Gasteiger partial charge in [-0.3, -0.25) is 14.4 Å². The van der Waals surface area contributed by atoms with Gasteiger partial charge in [0.2, 0.25) is 11.8 Å². The molecular weight excluding hydrogens is 398 g/mol. The molecule has 0 aromatic heterocycles. The average Bonchev–Trinajstić information content (AvgIpc) is 3.32. The van der Waals surface area contributed by atoms with Gasteiger partial charge in [-0.1, -0.05) is 48.5 Å². The Morgan fingerprint density at radius 2 is 1.87 bits per heavy atom.